The zero-order valence-corrected chi connectivity index (χ0v) is 13.9. The fraction of sp³-hybridized carbons (Fsp3) is 1.00. The molecule has 0 saturated carbocycles. The van der Waals surface area contributed by atoms with Gasteiger partial charge in [0.25, 0.3) is 0 Å². The van der Waals surface area contributed by atoms with E-state index in [1.165, 1.54) is 6.42 Å². The molecule has 0 aromatic heterocycles. The van der Waals surface area contributed by atoms with Gasteiger partial charge in [0.15, 0.2) is 0 Å². The van der Waals surface area contributed by atoms with Gasteiger partial charge < -0.3 is 4.98 Å². The monoisotopic (exact) mass is 243 g/mol. The maximum Gasteiger partial charge on any atom is 0.136 e. The third-order valence-electron chi connectivity index (χ3n) is 4.35. The van der Waals surface area contributed by atoms with E-state index in [2.05, 4.69) is 67.3 Å². The van der Waals surface area contributed by atoms with Crippen molar-refractivity contribution >= 4 is 8.24 Å². The van der Waals surface area contributed by atoms with Gasteiger partial charge in [0, 0.05) is 0 Å². The fourth-order valence-corrected chi connectivity index (χ4v) is 10.6. The average Bonchev–Trinajstić information content (AvgIpc) is 2.12. The van der Waals surface area contributed by atoms with E-state index < -0.39 is 8.24 Å². The number of hydrogen-bond acceptors (Lipinski definition) is 1. The van der Waals surface area contributed by atoms with Crippen LogP contribution in [0.4, 0.5) is 0 Å². The molecule has 1 nitrogen and oxygen atoms in total. The second-order valence-corrected chi connectivity index (χ2v) is 12.4. The van der Waals surface area contributed by atoms with Gasteiger partial charge in [-0.1, -0.05) is 68.7 Å². The van der Waals surface area contributed by atoms with E-state index in [1.54, 1.807) is 0 Å². The van der Waals surface area contributed by atoms with Crippen LogP contribution in [-0.4, -0.2) is 14.3 Å². The molecule has 0 unspecified atom stereocenters. The predicted molar refractivity (Wildman–Crippen MR) is 78.6 cm³/mol. The maximum absolute atomic E-state index is 4.02. The van der Waals surface area contributed by atoms with E-state index >= 15 is 0 Å². The third-order valence-corrected chi connectivity index (χ3v) is 11.6. The molecule has 0 amide bonds. The SMILES string of the molecule is CCC(C)(C)[Si](NC(C)C)(C(C)C)C(C)C. The zero-order valence-electron chi connectivity index (χ0n) is 12.9. The summed E-state index contributed by atoms with van der Waals surface area (Å²) in [7, 11) is -1.49. The van der Waals surface area contributed by atoms with E-state index in [0.717, 1.165) is 11.1 Å². The highest BCUT2D eigenvalue weighted by molar-refractivity contribution is 6.82. The van der Waals surface area contributed by atoms with Gasteiger partial charge in [-0.25, -0.2) is 0 Å². The number of hydrogen-bond donors (Lipinski definition) is 1. The average molecular weight is 244 g/mol. The summed E-state index contributed by atoms with van der Waals surface area (Å²) in [6.45, 7) is 21.5. The molecule has 0 aliphatic carbocycles. The number of rotatable bonds is 6. The van der Waals surface area contributed by atoms with Crippen molar-refractivity contribution < 1.29 is 0 Å². The molecule has 0 spiro atoms. The lowest BCUT2D eigenvalue weighted by Crippen LogP contribution is -2.64. The molecule has 0 aliphatic heterocycles. The highest BCUT2D eigenvalue weighted by Crippen LogP contribution is 2.50. The highest BCUT2D eigenvalue weighted by Gasteiger charge is 2.51. The van der Waals surface area contributed by atoms with Gasteiger partial charge in [0.1, 0.15) is 8.24 Å². The normalized spacial score (nSPS) is 14.2. The standard InChI is InChI=1S/C14H33NSi/c1-10-14(8,9)16(12(4)5,13(6)7)15-11(2)3/h11-13,15H,10H2,1-9H3. The Morgan fingerprint density at radius 1 is 0.938 bits per heavy atom. The molecular formula is C14H33NSi. The largest absolute Gasteiger partial charge is 0.334 e. The lowest BCUT2D eigenvalue weighted by atomic mass is 10.1. The van der Waals surface area contributed by atoms with Crippen LogP contribution in [-0.2, 0) is 0 Å². The molecule has 1 N–H and O–H groups in total. The van der Waals surface area contributed by atoms with Crippen molar-refractivity contribution in [3.8, 4) is 0 Å². The molecule has 2 heteroatoms. The van der Waals surface area contributed by atoms with Crippen LogP contribution < -0.4 is 4.98 Å². The lowest BCUT2D eigenvalue weighted by Gasteiger charge is -2.52. The summed E-state index contributed by atoms with van der Waals surface area (Å²) in [5.74, 6) is 0. The Hall–Kier alpha value is 0.177. The summed E-state index contributed by atoms with van der Waals surface area (Å²) >= 11 is 0. The van der Waals surface area contributed by atoms with Gasteiger partial charge in [-0.15, -0.1) is 0 Å². The quantitative estimate of drug-likeness (QED) is 0.652. The summed E-state index contributed by atoms with van der Waals surface area (Å²) in [5.41, 5.74) is 1.56. The summed E-state index contributed by atoms with van der Waals surface area (Å²) in [5, 5.41) is 0.458. The van der Waals surface area contributed by atoms with Crippen molar-refractivity contribution in [2.45, 2.75) is 90.9 Å². The third kappa shape index (κ3) is 2.89. The highest BCUT2D eigenvalue weighted by atomic mass is 28.3. The molecule has 0 saturated heterocycles. The molecule has 0 bridgehead atoms. The molecule has 0 rings (SSSR count). The molecule has 0 heterocycles. The van der Waals surface area contributed by atoms with E-state index in [-0.39, 0.29) is 0 Å². The number of nitrogens with one attached hydrogen (secondary N) is 1. The Bertz CT molecular complexity index is 199. The zero-order chi connectivity index (χ0) is 13.1. The summed E-state index contributed by atoms with van der Waals surface area (Å²) < 4.78 is 0. The Morgan fingerprint density at radius 3 is 1.50 bits per heavy atom. The van der Waals surface area contributed by atoms with Crippen molar-refractivity contribution in [3.05, 3.63) is 0 Å². The molecule has 0 atom stereocenters. The van der Waals surface area contributed by atoms with Crippen molar-refractivity contribution in [2.24, 2.45) is 0 Å². The van der Waals surface area contributed by atoms with Gasteiger partial charge in [0.2, 0.25) is 0 Å². The minimum atomic E-state index is -1.49. The predicted octanol–water partition coefficient (Wildman–Crippen LogP) is 4.94. The minimum absolute atomic E-state index is 0.458. The van der Waals surface area contributed by atoms with Gasteiger partial charge in [-0.05, 0) is 22.2 Å². The van der Waals surface area contributed by atoms with Crippen LogP contribution in [0.15, 0.2) is 0 Å². The van der Waals surface area contributed by atoms with Crippen molar-refractivity contribution in [2.75, 3.05) is 0 Å². The van der Waals surface area contributed by atoms with Crippen LogP contribution in [0.5, 0.6) is 0 Å². The van der Waals surface area contributed by atoms with Crippen molar-refractivity contribution in [3.63, 3.8) is 0 Å². The van der Waals surface area contributed by atoms with Crippen LogP contribution in [0.25, 0.3) is 0 Å². The fourth-order valence-electron chi connectivity index (χ4n) is 3.53. The van der Waals surface area contributed by atoms with E-state index in [9.17, 15) is 0 Å². The van der Waals surface area contributed by atoms with E-state index in [1.807, 2.05) is 0 Å². The first-order valence-corrected chi connectivity index (χ1v) is 9.05. The van der Waals surface area contributed by atoms with Crippen LogP contribution in [0.1, 0.15) is 68.7 Å². The molecule has 0 aliphatic rings. The van der Waals surface area contributed by atoms with E-state index in [0.29, 0.717) is 11.1 Å². The molecule has 0 aromatic carbocycles. The van der Waals surface area contributed by atoms with Gasteiger partial charge in [-0.2, -0.15) is 0 Å². The van der Waals surface area contributed by atoms with Crippen molar-refractivity contribution in [1.82, 2.24) is 4.98 Å². The smallest absolute Gasteiger partial charge is 0.136 e. The van der Waals surface area contributed by atoms with Crippen LogP contribution in [0, 0.1) is 0 Å². The van der Waals surface area contributed by atoms with Gasteiger partial charge >= 0.3 is 0 Å². The second-order valence-electron chi connectivity index (χ2n) is 6.71. The summed E-state index contributed by atoms with van der Waals surface area (Å²) in [6.07, 6.45) is 1.27. The van der Waals surface area contributed by atoms with E-state index in [4.69, 9.17) is 0 Å². The maximum atomic E-state index is 4.02. The summed E-state index contributed by atoms with van der Waals surface area (Å²) in [6, 6.07) is 0.599. The molecule has 98 valence electrons. The Labute approximate surface area is 104 Å². The second kappa shape index (κ2) is 5.68. The first-order valence-electron chi connectivity index (χ1n) is 6.89. The van der Waals surface area contributed by atoms with Crippen LogP contribution >= 0.6 is 0 Å². The first kappa shape index (κ1) is 16.2. The molecule has 0 fully saturated rings. The Kier molecular flexibility index (Phi) is 5.74. The van der Waals surface area contributed by atoms with Crippen molar-refractivity contribution in [1.29, 1.82) is 0 Å². The first-order chi connectivity index (χ1) is 7.11. The van der Waals surface area contributed by atoms with Gasteiger partial charge in [-0.3, -0.25) is 0 Å². The summed E-state index contributed by atoms with van der Waals surface area (Å²) in [4.78, 5) is 4.02. The molecule has 0 radical (unpaired) electrons. The Morgan fingerprint density at radius 2 is 1.31 bits per heavy atom. The van der Waals surface area contributed by atoms with Gasteiger partial charge in [0.05, 0.1) is 0 Å². The van der Waals surface area contributed by atoms with Crippen LogP contribution in [0.3, 0.4) is 0 Å². The Balaban J connectivity index is 5.43. The lowest BCUT2D eigenvalue weighted by molar-refractivity contribution is 0.537. The topological polar surface area (TPSA) is 12.0 Å². The molecule has 0 aromatic rings. The molecular weight excluding hydrogens is 210 g/mol. The minimum Gasteiger partial charge on any atom is -0.334 e. The molecule has 16 heavy (non-hydrogen) atoms. The van der Waals surface area contributed by atoms with Crippen LogP contribution in [0.2, 0.25) is 16.1 Å².